The number of aliphatic hydroxyl groups is 1. The van der Waals surface area contributed by atoms with Crippen molar-refractivity contribution < 1.29 is 29.4 Å². The summed E-state index contributed by atoms with van der Waals surface area (Å²) in [7, 11) is 0. The number of anilines is 1. The van der Waals surface area contributed by atoms with E-state index in [1.165, 1.54) is 18.2 Å². The lowest BCUT2D eigenvalue weighted by atomic mass is 9.90. The first-order valence-corrected chi connectivity index (χ1v) is 14.1. The molecule has 0 atom stereocenters. The third kappa shape index (κ3) is 6.68. The number of hydrogen-bond acceptors (Lipinski definition) is 9. The van der Waals surface area contributed by atoms with Gasteiger partial charge in [0.1, 0.15) is 28.6 Å². The standard InChI is InChI=1S/C30H38N4O6/c1-18(2)31-19-3-9-24(10-4-19)39-27-16-23(36)15-26(37)29(27)28-17-25(33-40-28)30(38)32-20-11-13-34(14-12-20)21-5-7-22(35)8-6-21/h3-4,9-10,15-18,20-22,31,35-37H,5-8,11-14H2,1-2H3,(H,32,38). The summed E-state index contributed by atoms with van der Waals surface area (Å²) in [5.41, 5.74) is 1.22. The van der Waals surface area contributed by atoms with Gasteiger partial charge in [-0.15, -0.1) is 0 Å². The van der Waals surface area contributed by atoms with Gasteiger partial charge in [0.2, 0.25) is 0 Å². The highest BCUT2D eigenvalue weighted by atomic mass is 16.5. The molecule has 0 bridgehead atoms. The van der Waals surface area contributed by atoms with Gasteiger partial charge >= 0.3 is 0 Å². The number of benzene rings is 2. The van der Waals surface area contributed by atoms with Crippen LogP contribution in [0.3, 0.4) is 0 Å². The van der Waals surface area contributed by atoms with Crippen LogP contribution in [0.25, 0.3) is 11.3 Å². The minimum absolute atomic E-state index is 0.0345. The van der Waals surface area contributed by atoms with Crippen molar-refractivity contribution in [1.29, 1.82) is 0 Å². The van der Waals surface area contributed by atoms with Crippen LogP contribution in [0.4, 0.5) is 5.69 Å². The second-order valence-corrected chi connectivity index (χ2v) is 11.1. The van der Waals surface area contributed by atoms with E-state index in [-0.39, 0.29) is 58.4 Å². The fourth-order valence-corrected chi connectivity index (χ4v) is 5.59. The molecular weight excluding hydrogens is 512 g/mol. The van der Waals surface area contributed by atoms with Gasteiger partial charge in [-0.05, 0) is 76.6 Å². The number of carbonyl (C=O) groups is 1. The number of ether oxygens (including phenoxy) is 1. The molecule has 3 aromatic rings. The number of aliphatic hydroxyl groups excluding tert-OH is 1. The molecular formula is C30H38N4O6. The van der Waals surface area contributed by atoms with Gasteiger partial charge in [-0.2, -0.15) is 0 Å². The molecule has 0 unspecified atom stereocenters. The molecule has 214 valence electrons. The van der Waals surface area contributed by atoms with Crippen LogP contribution >= 0.6 is 0 Å². The van der Waals surface area contributed by atoms with Gasteiger partial charge in [0.25, 0.3) is 5.91 Å². The van der Waals surface area contributed by atoms with Crippen molar-refractivity contribution in [2.75, 3.05) is 18.4 Å². The van der Waals surface area contributed by atoms with Gasteiger partial charge in [-0.25, -0.2) is 0 Å². The van der Waals surface area contributed by atoms with E-state index in [2.05, 4.69) is 20.7 Å². The van der Waals surface area contributed by atoms with Crippen molar-refractivity contribution in [3.8, 4) is 34.3 Å². The minimum Gasteiger partial charge on any atom is -0.508 e. The van der Waals surface area contributed by atoms with E-state index < -0.39 is 0 Å². The molecule has 1 aliphatic carbocycles. The summed E-state index contributed by atoms with van der Waals surface area (Å²) < 4.78 is 11.4. The first-order chi connectivity index (χ1) is 19.2. The lowest BCUT2D eigenvalue weighted by Gasteiger charge is -2.40. The number of likely N-dealkylation sites (tertiary alicyclic amines) is 1. The molecule has 40 heavy (non-hydrogen) atoms. The Morgan fingerprint density at radius 1 is 1.02 bits per heavy atom. The molecule has 1 saturated carbocycles. The molecule has 2 aliphatic rings. The van der Waals surface area contributed by atoms with Crippen LogP contribution in [0, 0.1) is 0 Å². The maximum Gasteiger partial charge on any atom is 0.273 e. The van der Waals surface area contributed by atoms with Crippen LogP contribution in [0.2, 0.25) is 0 Å². The Hall–Kier alpha value is -3.76. The highest BCUT2D eigenvalue weighted by molar-refractivity contribution is 5.93. The largest absolute Gasteiger partial charge is 0.508 e. The number of piperidine rings is 1. The van der Waals surface area contributed by atoms with E-state index in [4.69, 9.17) is 9.26 Å². The van der Waals surface area contributed by atoms with Crippen LogP contribution < -0.4 is 15.4 Å². The normalized spacial score (nSPS) is 20.4. The number of hydrogen-bond donors (Lipinski definition) is 5. The summed E-state index contributed by atoms with van der Waals surface area (Å²) in [6, 6.07) is 12.2. The lowest BCUT2D eigenvalue weighted by molar-refractivity contribution is 0.0580. The number of aromatic hydroxyl groups is 2. The van der Waals surface area contributed by atoms with Crippen molar-refractivity contribution in [2.24, 2.45) is 0 Å². The van der Waals surface area contributed by atoms with Crippen LogP contribution in [0.15, 0.2) is 47.0 Å². The smallest absolute Gasteiger partial charge is 0.273 e. The first-order valence-electron chi connectivity index (χ1n) is 14.1. The third-order valence-electron chi connectivity index (χ3n) is 7.64. The number of amides is 1. The summed E-state index contributed by atoms with van der Waals surface area (Å²) in [6.07, 6.45) is 5.30. The van der Waals surface area contributed by atoms with Crippen molar-refractivity contribution in [3.63, 3.8) is 0 Å². The lowest BCUT2D eigenvalue weighted by Crippen LogP contribution is -2.49. The summed E-state index contributed by atoms with van der Waals surface area (Å²) in [6.45, 7) is 5.91. The molecule has 10 nitrogen and oxygen atoms in total. The van der Waals surface area contributed by atoms with E-state index >= 15 is 0 Å². The molecule has 1 aliphatic heterocycles. The summed E-state index contributed by atoms with van der Waals surface area (Å²) >= 11 is 0. The summed E-state index contributed by atoms with van der Waals surface area (Å²) in [4.78, 5) is 15.5. The maximum absolute atomic E-state index is 13.0. The fourth-order valence-electron chi connectivity index (χ4n) is 5.59. The predicted octanol–water partition coefficient (Wildman–Crippen LogP) is 4.86. The second-order valence-electron chi connectivity index (χ2n) is 11.1. The molecule has 2 aromatic carbocycles. The van der Waals surface area contributed by atoms with Gasteiger partial charge < -0.3 is 40.1 Å². The van der Waals surface area contributed by atoms with Crippen LogP contribution in [0.5, 0.6) is 23.0 Å². The Bertz CT molecular complexity index is 1290. The zero-order valence-corrected chi connectivity index (χ0v) is 23.0. The molecule has 1 saturated heterocycles. The SMILES string of the molecule is CC(C)Nc1ccc(Oc2cc(O)cc(O)c2-c2cc(C(=O)NC3CCN(C4CCC(O)CC4)CC3)no2)cc1. The van der Waals surface area contributed by atoms with E-state index in [0.717, 1.165) is 57.3 Å². The Balaban J connectivity index is 1.24. The molecule has 1 aromatic heterocycles. The Morgan fingerprint density at radius 3 is 2.40 bits per heavy atom. The second kappa shape index (κ2) is 12.2. The number of nitrogens with one attached hydrogen (secondary N) is 2. The molecule has 0 radical (unpaired) electrons. The number of phenols is 2. The highest BCUT2D eigenvalue weighted by Gasteiger charge is 2.29. The van der Waals surface area contributed by atoms with Crippen molar-refractivity contribution in [1.82, 2.24) is 15.4 Å². The quantitative estimate of drug-likeness (QED) is 0.266. The number of rotatable bonds is 8. The Morgan fingerprint density at radius 2 is 1.73 bits per heavy atom. The predicted molar refractivity (Wildman–Crippen MR) is 151 cm³/mol. The van der Waals surface area contributed by atoms with Crippen molar-refractivity contribution in [2.45, 2.75) is 76.6 Å². The molecule has 2 heterocycles. The van der Waals surface area contributed by atoms with Gasteiger partial charge in [0.15, 0.2) is 11.5 Å². The van der Waals surface area contributed by atoms with Crippen molar-refractivity contribution in [3.05, 3.63) is 48.2 Å². The highest BCUT2D eigenvalue weighted by Crippen LogP contribution is 2.43. The zero-order valence-electron chi connectivity index (χ0n) is 23.0. The molecule has 1 amide bonds. The minimum atomic E-state index is -0.344. The average Bonchev–Trinajstić information content (AvgIpc) is 3.40. The van der Waals surface area contributed by atoms with Crippen molar-refractivity contribution >= 4 is 11.6 Å². The monoisotopic (exact) mass is 550 g/mol. The van der Waals surface area contributed by atoms with Gasteiger partial charge in [-0.3, -0.25) is 4.79 Å². The number of aromatic nitrogens is 1. The zero-order chi connectivity index (χ0) is 28.2. The molecule has 10 heteroatoms. The maximum atomic E-state index is 13.0. The van der Waals surface area contributed by atoms with Gasteiger partial charge in [0, 0.05) is 55.1 Å². The topological polar surface area (TPSA) is 140 Å². The summed E-state index contributed by atoms with van der Waals surface area (Å²) in [5.74, 6) is 0.0104. The van der Waals surface area contributed by atoms with E-state index in [9.17, 15) is 20.1 Å². The first kappa shape index (κ1) is 27.8. The number of carbonyl (C=O) groups excluding carboxylic acids is 1. The molecule has 2 fully saturated rings. The van der Waals surface area contributed by atoms with E-state index in [1.54, 1.807) is 12.1 Å². The third-order valence-corrected chi connectivity index (χ3v) is 7.64. The van der Waals surface area contributed by atoms with Gasteiger partial charge in [-0.1, -0.05) is 5.16 Å². The molecule has 5 rings (SSSR count). The Labute approximate surface area is 233 Å². The summed E-state index contributed by atoms with van der Waals surface area (Å²) in [5, 5.41) is 40.8. The molecule has 0 spiro atoms. The number of phenolic OH excluding ortho intramolecular Hbond substituents is 2. The molecule has 5 N–H and O–H groups in total. The Kier molecular flexibility index (Phi) is 8.46. The van der Waals surface area contributed by atoms with Crippen LogP contribution in [0.1, 0.15) is 62.9 Å². The van der Waals surface area contributed by atoms with E-state index in [0.29, 0.717) is 11.8 Å². The van der Waals surface area contributed by atoms with Crippen LogP contribution in [-0.2, 0) is 0 Å². The van der Waals surface area contributed by atoms with Gasteiger partial charge in [0.05, 0.1) is 6.10 Å². The fraction of sp³-hybridized carbons (Fsp3) is 0.467. The average molecular weight is 551 g/mol. The van der Waals surface area contributed by atoms with E-state index in [1.807, 2.05) is 26.0 Å². The van der Waals surface area contributed by atoms with Crippen LogP contribution in [-0.4, -0.2) is 68.6 Å². The number of nitrogens with zero attached hydrogens (tertiary/aromatic N) is 2.